The molecule has 0 bridgehead atoms. The molecule has 2 fully saturated rings. The molecule has 1 aromatic rings. The predicted octanol–water partition coefficient (Wildman–Crippen LogP) is 9.25. The van der Waals surface area contributed by atoms with Crippen molar-refractivity contribution in [1.82, 2.24) is 0 Å². The molecule has 0 aromatic heterocycles. The van der Waals surface area contributed by atoms with Crippen LogP contribution in [0, 0.1) is 23.7 Å². The SMILES string of the molecule is CCCCCCCC1CCc2cc(C3CCC4CC(CCC)CCC4C3)ccc2C1. The fourth-order valence-electron chi connectivity index (χ4n) is 7.35. The molecule has 5 unspecified atom stereocenters. The third kappa shape index (κ3) is 5.72. The van der Waals surface area contributed by atoms with Crippen LogP contribution in [0.25, 0.3) is 0 Å². The number of hydrogen-bond donors (Lipinski definition) is 0. The lowest BCUT2D eigenvalue weighted by Crippen LogP contribution is -2.30. The number of benzene rings is 1. The van der Waals surface area contributed by atoms with Gasteiger partial charge in [0.2, 0.25) is 0 Å². The van der Waals surface area contributed by atoms with E-state index < -0.39 is 0 Å². The van der Waals surface area contributed by atoms with E-state index in [2.05, 4.69) is 32.0 Å². The molecule has 0 amide bonds. The van der Waals surface area contributed by atoms with Gasteiger partial charge in [-0.05, 0) is 97.6 Å². The van der Waals surface area contributed by atoms with Gasteiger partial charge in [-0.25, -0.2) is 0 Å². The Labute approximate surface area is 187 Å². The van der Waals surface area contributed by atoms with Crippen LogP contribution in [-0.4, -0.2) is 0 Å². The van der Waals surface area contributed by atoms with Crippen LogP contribution < -0.4 is 0 Å². The molecule has 0 saturated heterocycles. The highest BCUT2D eigenvalue weighted by Crippen LogP contribution is 2.48. The van der Waals surface area contributed by atoms with Crippen molar-refractivity contribution in [2.45, 2.75) is 129 Å². The normalized spacial score (nSPS) is 31.2. The predicted molar refractivity (Wildman–Crippen MR) is 131 cm³/mol. The highest BCUT2D eigenvalue weighted by atomic mass is 14.4. The van der Waals surface area contributed by atoms with E-state index in [9.17, 15) is 0 Å². The molecule has 2 saturated carbocycles. The molecule has 3 aliphatic rings. The molecule has 0 N–H and O–H groups in total. The summed E-state index contributed by atoms with van der Waals surface area (Å²) in [5.74, 6) is 4.96. The van der Waals surface area contributed by atoms with Gasteiger partial charge in [0.1, 0.15) is 0 Å². The number of unbranched alkanes of at least 4 members (excludes halogenated alkanes) is 4. The Balaban J connectivity index is 1.28. The fourth-order valence-corrected chi connectivity index (χ4v) is 7.35. The van der Waals surface area contributed by atoms with Gasteiger partial charge in [0.25, 0.3) is 0 Å². The summed E-state index contributed by atoms with van der Waals surface area (Å²) in [6.45, 7) is 4.69. The van der Waals surface area contributed by atoms with Crippen LogP contribution in [0.2, 0.25) is 0 Å². The molecule has 0 heterocycles. The lowest BCUT2D eigenvalue weighted by molar-refractivity contribution is 0.114. The van der Waals surface area contributed by atoms with E-state index in [1.807, 2.05) is 0 Å². The van der Waals surface area contributed by atoms with Crippen LogP contribution in [-0.2, 0) is 12.8 Å². The zero-order valence-electron chi connectivity index (χ0n) is 20.1. The second kappa shape index (κ2) is 11.2. The molecule has 1 aromatic carbocycles. The van der Waals surface area contributed by atoms with Gasteiger partial charge in [-0.3, -0.25) is 0 Å². The smallest absolute Gasteiger partial charge is 0.0159 e. The summed E-state index contributed by atoms with van der Waals surface area (Å²) in [4.78, 5) is 0. The van der Waals surface area contributed by atoms with Crippen molar-refractivity contribution in [1.29, 1.82) is 0 Å². The van der Waals surface area contributed by atoms with E-state index in [4.69, 9.17) is 0 Å². The Hall–Kier alpha value is -0.780. The van der Waals surface area contributed by atoms with Gasteiger partial charge >= 0.3 is 0 Å². The molecule has 30 heavy (non-hydrogen) atoms. The van der Waals surface area contributed by atoms with Crippen molar-refractivity contribution in [2.75, 3.05) is 0 Å². The van der Waals surface area contributed by atoms with Crippen LogP contribution >= 0.6 is 0 Å². The molecule has 4 rings (SSSR count). The fraction of sp³-hybridized carbons (Fsp3) is 0.800. The molecular formula is C30H48. The van der Waals surface area contributed by atoms with Crippen LogP contribution in [0.4, 0.5) is 0 Å². The Morgan fingerprint density at radius 3 is 2.40 bits per heavy atom. The van der Waals surface area contributed by atoms with Crippen molar-refractivity contribution in [2.24, 2.45) is 23.7 Å². The van der Waals surface area contributed by atoms with Gasteiger partial charge in [-0.1, -0.05) is 89.8 Å². The van der Waals surface area contributed by atoms with E-state index in [0.717, 1.165) is 29.6 Å². The minimum atomic E-state index is 0.857. The van der Waals surface area contributed by atoms with Crippen molar-refractivity contribution < 1.29 is 0 Å². The van der Waals surface area contributed by atoms with E-state index in [1.54, 1.807) is 23.1 Å². The number of fused-ring (bicyclic) bond motifs is 2. The van der Waals surface area contributed by atoms with Crippen molar-refractivity contribution in [3.8, 4) is 0 Å². The first kappa shape index (κ1) is 22.4. The van der Waals surface area contributed by atoms with Gasteiger partial charge in [0, 0.05) is 0 Å². The topological polar surface area (TPSA) is 0 Å². The highest BCUT2D eigenvalue weighted by molar-refractivity contribution is 5.36. The summed E-state index contributed by atoms with van der Waals surface area (Å²) < 4.78 is 0. The molecule has 168 valence electrons. The van der Waals surface area contributed by atoms with E-state index in [-0.39, 0.29) is 0 Å². The molecule has 0 radical (unpaired) electrons. The molecule has 0 heteroatoms. The first-order valence-electron chi connectivity index (χ1n) is 13.9. The lowest BCUT2D eigenvalue weighted by Gasteiger charge is -2.42. The van der Waals surface area contributed by atoms with E-state index in [0.29, 0.717) is 0 Å². The largest absolute Gasteiger partial charge is 0.0654 e. The molecule has 0 spiro atoms. The van der Waals surface area contributed by atoms with Crippen LogP contribution in [0.3, 0.4) is 0 Å². The summed E-state index contributed by atoms with van der Waals surface area (Å²) in [5, 5.41) is 0. The van der Waals surface area contributed by atoms with Crippen molar-refractivity contribution in [3.63, 3.8) is 0 Å². The summed E-state index contributed by atoms with van der Waals surface area (Å²) in [6.07, 6.45) is 24.7. The lowest BCUT2D eigenvalue weighted by atomic mass is 9.63. The molecule has 0 aliphatic heterocycles. The number of hydrogen-bond acceptors (Lipinski definition) is 0. The maximum atomic E-state index is 2.65. The zero-order chi connectivity index (χ0) is 20.8. The second-order valence-electron chi connectivity index (χ2n) is 11.3. The maximum Gasteiger partial charge on any atom is -0.0159 e. The first-order valence-corrected chi connectivity index (χ1v) is 13.9. The summed E-state index contributed by atoms with van der Waals surface area (Å²) in [6, 6.07) is 7.73. The molecule has 3 aliphatic carbocycles. The molecule has 0 nitrogen and oxygen atoms in total. The summed E-state index contributed by atoms with van der Waals surface area (Å²) in [7, 11) is 0. The third-order valence-corrected chi connectivity index (χ3v) is 9.17. The van der Waals surface area contributed by atoms with Gasteiger partial charge in [0.05, 0.1) is 0 Å². The van der Waals surface area contributed by atoms with Gasteiger partial charge in [0.15, 0.2) is 0 Å². The first-order chi connectivity index (χ1) is 14.8. The van der Waals surface area contributed by atoms with Gasteiger partial charge in [-0.2, -0.15) is 0 Å². The van der Waals surface area contributed by atoms with Gasteiger partial charge < -0.3 is 0 Å². The number of aryl methyl sites for hydroxylation is 1. The average molecular weight is 409 g/mol. The van der Waals surface area contributed by atoms with E-state index in [1.165, 1.54) is 103 Å². The Kier molecular flexibility index (Phi) is 8.36. The summed E-state index contributed by atoms with van der Waals surface area (Å²) in [5.41, 5.74) is 5.10. The monoisotopic (exact) mass is 408 g/mol. The van der Waals surface area contributed by atoms with Crippen LogP contribution in [0.15, 0.2) is 18.2 Å². The van der Waals surface area contributed by atoms with E-state index >= 15 is 0 Å². The maximum absolute atomic E-state index is 2.65. The summed E-state index contributed by atoms with van der Waals surface area (Å²) >= 11 is 0. The van der Waals surface area contributed by atoms with Gasteiger partial charge in [-0.15, -0.1) is 0 Å². The second-order valence-corrected chi connectivity index (χ2v) is 11.3. The Morgan fingerprint density at radius 2 is 1.53 bits per heavy atom. The highest BCUT2D eigenvalue weighted by Gasteiger charge is 2.35. The van der Waals surface area contributed by atoms with Crippen LogP contribution in [0.1, 0.15) is 133 Å². The zero-order valence-corrected chi connectivity index (χ0v) is 20.1. The van der Waals surface area contributed by atoms with Crippen molar-refractivity contribution in [3.05, 3.63) is 34.9 Å². The Morgan fingerprint density at radius 1 is 0.700 bits per heavy atom. The Bertz CT molecular complexity index is 643. The minimum Gasteiger partial charge on any atom is -0.0654 e. The van der Waals surface area contributed by atoms with Crippen LogP contribution in [0.5, 0.6) is 0 Å². The number of rotatable bonds is 9. The molecule has 5 atom stereocenters. The molecular weight excluding hydrogens is 360 g/mol. The van der Waals surface area contributed by atoms with Crippen molar-refractivity contribution >= 4 is 0 Å². The standard InChI is InChI=1S/C30H48/c1-3-5-6-7-8-10-24-12-14-28-22-30(18-16-26(28)20-24)29-17-15-25-19-23(9-4-2)11-13-27(25)21-29/h16,18,22-25,27,29H,3-15,17,19-21H2,1-2H3. The average Bonchev–Trinajstić information content (AvgIpc) is 2.78. The minimum absolute atomic E-state index is 0.857. The third-order valence-electron chi connectivity index (χ3n) is 9.17. The quantitative estimate of drug-likeness (QED) is 0.357.